The second kappa shape index (κ2) is 10.2. The Hall–Kier alpha value is -3.85. The van der Waals surface area contributed by atoms with Crippen LogP contribution in [0.2, 0.25) is 5.02 Å². The topological polar surface area (TPSA) is 134 Å². The van der Waals surface area contributed by atoms with Crippen molar-refractivity contribution in [3.63, 3.8) is 0 Å². The zero-order chi connectivity index (χ0) is 24.1. The number of anilines is 2. The first-order valence-corrected chi connectivity index (χ1v) is 10.5. The summed E-state index contributed by atoms with van der Waals surface area (Å²) in [7, 11) is 0. The van der Waals surface area contributed by atoms with Crippen molar-refractivity contribution in [2.24, 2.45) is 5.92 Å². The number of benzene rings is 2. The van der Waals surface area contributed by atoms with Crippen molar-refractivity contribution in [3.05, 3.63) is 64.9 Å². The number of amides is 3. The highest BCUT2D eigenvalue weighted by molar-refractivity contribution is 6.33. The summed E-state index contributed by atoms with van der Waals surface area (Å²) in [5, 5.41) is 21.3. The number of hydrogen-bond donors (Lipinski definition) is 4. The number of carbonyl (C=O) groups is 3. The summed E-state index contributed by atoms with van der Waals surface area (Å²) in [6.07, 6.45) is 0. The molecule has 1 heterocycles. The quantitative estimate of drug-likeness (QED) is 0.392. The molecule has 0 aliphatic heterocycles. The molecule has 3 aromatic rings. The molecule has 0 fully saturated rings. The van der Waals surface area contributed by atoms with Crippen molar-refractivity contribution in [3.8, 4) is 11.3 Å². The number of aromatic nitrogens is 1. The van der Waals surface area contributed by atoms with Gasteiger partial charge in [-0.15, -0.1) is 0 Å². The number of halogens is 1. The van der Waals surface area contributed by atoms with Gasteiger partial charge in [-0.25, -0.2) is 9.59 Å². The van der Waals surface area contributed by atoms with Crippen LogP contribution in [0.15, 0.2) is 53.1 Å². The normalized spacial score (nSPS) is 11.7. The summed E-state index contributed by atoms with van der Waals surface area (Å²) < 4.78 is 5.08. The van der Waals surface area contributed by atoms with E-state index in [9.17, 15) is 19.5 Å². The first-order chi connectivity index (χ1) is 15.6. The lowest BCUT2D eigenvalue weighted by Gasteiger charge is -2.16. The molecule has 4 N–H and O–H groups in total. The third kappa shape index (κ3) is 6.11. The fourth-order valence-corrected chi connectivity index (χ4v) is 3.15. The molecule has 10 heteroatoms. The molecule has 3 rings (SSSR count). The van der Waals surface area contributed by atoms with Crippen LogP contribution >= 0.6 is 11.6 Å². The summed E-state index contributed by atoms with van der Waals surface area (Å²) >= 11 is 6.10. The van der Waals surface area contributed by atoms with Gasteiger partial charge in [0.25, 0.3) is 5.91 Å². The highest BCUT2D eigenvalue weighted by atomic mass is 35.5. The van der Waals surface area contributed by atoms with Crippen molar-refractivity contribution in [1.82, 2.24) is 10.5 Å². The molecule has 0 aliphatic carbocycles. The van der Waals surface area contributed by atoms with Gasteiger partial charge in [0.2, 0.25) is 5.76 Å². The predicted molar refractivity (Wildman–Crippen MR) is 124 cm³/mol. The van der Waals surface area contributed by atoms with Crippen molar-refractivity contribution in [2.45, 2.75) is 26.8 Å². The number of aliphatic carboxylic acids is 1. The minimum atomic E-state index is -1.13. The van der Waals surface area contributed by atoms with E-state index in [4.69, 9.17) is 16.1 Å². The lowest BCUT2D eigenvalue weighted by atomic mass is 10.0. The number of nitrogens with zero attached hydrogens (tertiary/aromatic N) is 1. The SMILES string of the molecule is Cc1ccc(Cl)c(NC(=O)Nc2ccc(-c3cc(C(=O)NC(C(=O)O)C(C)C)on3)cc2)c1. The fourth-order valence-electron chi connectivity index (χ4n) is 2.99. The van der Waals surface area contributed by atoms with E-state index in [0.29, 0.717) is 27.7 Å². The zero-order valence-corrected chi connectivity index (χ0v) is 18.9. The van der Waals surface area contributed by atoms with Crippen LogP contribution in [-0.4, -0.2) is 34.2 Å². The van der Waals surface area contributed by atoms with Gasteiger partial charge in [-0.1, -0.05) is 48.8 Å². The van der Waals surface area contributed by atoms with Crippen LogP contribution in [-0.2, 0) is 4.79 Å². The van der Waals surface area contributed by atoms with E-state index in [1.165, 1.54) is 6.07 Å². The van der Waals surface area contributed by atoms with Crippen LogP contribution in [0.5, 0.6) is 0 Å². The maximum absolute atomic E-state index is 12.3. The number of carboxylic acid groups (broad SMARTS) is 1. The van der Waals surface area contributed by atoms with Gasteiger partial charge in [0.15, 0.2) is 0 Å². The summed E-state index contributed by atoms with van der Waals surface area (Å²) in [6.45, 7) is 5.28. The predicted octanol–water partition coefficient (Wildman–Crippen LogP) is 4.79. The highest BCUT2D eigenvalue weighted by Crippen LogP contribution is 2.24. The van der Waals surface area contributed by atoms with Crippen molar-refractivity contribution < 1.29 is 24.0 Å². The van der Waals surface area contributed by atoms with Crippen LogP contribution in [0.25, 0.3) is 11.3 Å². The molecular weight excluding hydrogens is 448 g/mol. The van der Waals surface area contributed by atoms with Gasteiger partial charge in [0.05, 0.1) is 10.7 Å². The van der Waals surface area contributed by atoms with Crippen molar-refractivity contribution in [2.75, 3.05) is 10.6 Å². The van der Waals surface area contributed by atoms with Gasteiger partial charge in [-0.05, 0) is 42.7 Å². The number of hydrogen-bond acceptors (Lipinski definition) is 5. The number of carboxylic acids is 1. The Kier molecular flexibility index (Phi) is 7.34. The molecule has 1 aromatic heterocycles. The smallest absolute Gasteiger partial charge is 0.326 e. The maximum Gasteiger partial charge on any atom is 0.326 e. The van der Waals surface area contributed by atoms with Crippen LogP contribution in [0, 0.1) is 12.8 Å². The first-order valence-electron chi connectivity index (χ1n) is 10.1. The van der Waals surface area contributed by atoms with E-state index >= 15 is 0 Å². The molecule has 9 nitrogen and oxygen atoms in total. The van der Waals surface area contributed by atoms with Crippen molar-refractivity contribution in [1.29, 1.82) is 0 Å². The van der Waals surface area contributed by atoms with Gasteiger partial charge < -0.3 is 25.6 Å². The van der Waals surface area contributed by atoms with E-state index in [2.05, 4.69) is 21.1 Å². The molecule has 0 radical (unpaired) electrons. The number of rotatable bonds is 7. The highest BCUT2D eigenvalue weighted by Gasteiger charge is 2.25. The maximum atomic E-state index is 12.3. The van der Waals surface area contributed by atoms with Gasteiger partial charge >= 0.3 is 12.0 Å². The van der Waals surface area contributed by atoms with Crippen LogP contribution < -0.4 is 16.0 Å². The molecule has 1 atom stereocenters. The third-order valence-electron chi connectivity index (χ3n) is 4.76. The molecule has 172 valence electrons. The first kappa shape index (κ1) is 23.8. The van der Waals surface area contributed by atoms with E-state index in [0.717, 1.165) is 5.56 Å². The summed E-state index contributed by atoms with van der Waals surface area (Å²) in [6, 6.07) is 12.0. The molecule has 33 heavy (non-hydrogen) atoms. The molecular formula is C23H23ClN4O5. The number of urea groups is 1. The average Bonchev–Trinajstić information content (AvgIpc) is 3.25. The average molecular weight is 471 g/mol. The molecule has 0 bridgehead atoms. The van der Waals surface area contributed by atoms with Crippen LogP contribution in [0.3, 0.4) is 0 Å². The van der Waals surface area contributed by atoms with Gasteiger partial charge in [-0.2, -0.15) is 0 Å². The Morgan fingerprint density at radius 3 is 2.36 bits per heavy atom. The monoisotopic (exact) mass is 470 g/mol. The molecule has 0 saturated carbocycles. The molecule has 3 amide bonds. The van der Waals surface area contributed by atoms with Crippen LogP contribution in [0.1, 0.15) is 30.0 Å². The van der Waals surface area contributed by atoms with E-state index in [-0.39, 0.29) is 11.7 Å². The Morgan fingerprint density at radius 1 is 1.03 bits per heavy atom. The van der Waals surface area contributed by atoms with Crippen molar-refractivity contribution >= 4 is 40.9 Å². The molecule has 0 saturated heterocycles. The summed E-state index contributed by atoms with van der Waals surface area (Å²) in [5.41, 5.74) is 3.02. The third-order valence-corrected chi connectivity index (χ3v) is 5.09. The van der Waals surface area contributed by atoms with E-state index in [1.807, 2.05) is 13.0 Å². The molecule has 1 unspecified atom stereocenters. The molecule has 2 aromatic carbocycles. The van der Waals surface area contributed by atoms with Gasteiger partial charge in [0, 0.05) is 17.3 Å². The number of carbonyl (C=O) groups excluding carboxylic acids is 2. The zero-order valence-electron chi connectivity index (χ0n) is 18.2. The minimum absolute atomic E-state index is 0.103. The Bertz CT molecular complexity index is 1170. The standard InChI is InChI=1S/C23H23ClN4O5/c1-12(2)20(22(30)31)27-21(29)19-11-17(28-33-19)14-5-7-15(8-6-14)25-23(32)26-18-10-13(3)4-9-16(18)24/h4-12,20H,1-3H3,(H,27,29)(H,30,31)(H2,25,26,32). The molecule has 0 aliphatic rings. The summed E-state index contributed by atoms with van der Waals surface area (Å²) in [4.78, 5) is 35.8. The Morgan fingerprint density at radius 2 is 1.73 bits per heavy atom. The Labute approximate surface area is 195 Å². The second-order valence-electron chi connectivity index (χ2n) is 7.75. The van der Waals surface area contributed by atoms with E-state index in [1.54, 1.807) is 50.2 Å². The number of aryl methyl sites for hydroxylation is 1. The lowest BCUT2D eigenvalue weighted by Crippen LogP contribution is -2.44. The summed E-state index contributed by atoms with van der Waals surface area (Å²) in [5.74, 6) is -2.20. The van der Waals surface area contributed by atoms with Gasteiger partial charge in [-0.3, -0.25) is 4.79 Å². The largest absolute Gasteiger partial charge is 0.480 e. The van der Waals surface area contributed by atoms with E-state index < -0.39 is 23.9 Å². The fraction of sp³-hybridized carbons (Fsp3) is 0.217. The number of nitrogens with one attached hydrogen (secondary N) is 3. The Balaban J connectivity index is 1.64. The van der Waals surface area contributed by atoms with Crippen LogP contribution in [0.4, 0.5) is 16.2 Å². The molecule has 0 spiro atoms. The minimum Gasteiger partial charge on any atom is -0.480 e. The van der Waals surface area contributed by atoms with Gasteiger partial charge in [0.1, 0.15) is 11.7 Å². The second-order valence-corrected chi connectivity index (χ2v) is 8.16. The lowest BCUT2D eigenvalue weighted by molar-refractivity contribution is -0.140.